The van der Waals surface area contributed by atoms with Gasteiger partial charge in [0.1, 0.15) is 35.6 Å². The predicted molar refractivity (Wildman–Crippen MR) is 108 cm³/mol. The molecule has 0 bridgehead atoms. The van der Waals surface area contributed by atoms with E-state index in [0.29, 0.717) is 18.0 Å². The summed E-state index contributed by atoms with van der Waals surface area (Å²) in [4.78, 5) is 2.23. The van der Waals surface area contributed by atoms with Gasteiger partial charge in [0.15, 0.2) is 0 Å². The number of phenolic OH excluding ortho intramolecular Hbond substituents is 1. The third-order valence-electron chi connectivity index (χ3n) is 5.53. The molecule has 2 aromatic carbocycles. The zero-order valence-corrected chi connectivity index (χ0v) is 16.4. The fourth-order valence-corrected chi connectivity index (χ4v) is 4.20. The summed E-state index contributed by atoms with van der Waals surface area (Å²) < 4.78 is 11.8. The second kappa shape index (κ2) is 7.70. The van der Waals surface area contributed by atoms with Crippen LogP contribution >= 0.6 is 11.6 Å². The standard InChI is InChI=1S/C21H25ClN2O4/c22-15-1-4-19-14(9-15)11-21(28-19)5-7-24(8-6-21)12-17(26)13-27-20-10-16(25)2-3-18(20)23/h1-4,9-10,17,25-26H,5-8,11-13,23H2/t17-/m1/s1. The Morgan fingerprint density at radius 2 is 2.00 bits per heavy atom. The maximum atomic E-state index is 10.3. The largest absolute Gasteiger partial charge is 0.508 e. The van der Waals surface area contributed by atoms with E-state index < -0.39 is 6.10 Å². The van der Waals surface area contributed by atoms with Gasteiger partial charge in [0.05, 0.1) is 5.69 Å². The zero-order valence-electron chi connectivity index (χ0n) is 15.6. The summed E-state index contributed by atoms with van der Waals surface area (Å²) >= 11 is 6.10. The molecule has 0 unspecified atom stereocenters. The Labute approximate surface area is 169 Å². The smallest absolute Gasteiger partial charge is 0.146 e. The number of rotatable bonds is 5. The fraction of sp³-hybridized carbons (Fsp3) is 0.429. The van der Waals surface area contributed by atoms with Gasteiger partial charge in [-0.3, -0.25) is 0 Å². The van der Waals surface area contributed by atoms with Crippen molar-refractivity contribution in [2.45, 2.75) is 31.0 Å². The molecule has 4 rings (SSSR count). The molecule has 0 radical (unpaired) electrons. The number of β-amino-alcohol motifs (C(OH)–C–C–N with tert-alkyl or cyclic N) is 1. The number of hydrogen-bond acceptors (Lipinski definition) is 6. The summed E-state index contributed by atoms with van der Waals surface area (Å²) in [5, 5.41) is 20.6. The minimum atomic E-state index is -0.642. The minimum absolute atomic E-state index is 0.0823. The van der Waals surface area contributed by atoms with Gasteiger partial charge in [-0.15, -0.1) is 0 Å². The van der Waals surface area contributed by atoms with E-state index in [4.69, 9.17) is 26.8 Å². The van der Waals surface area contributed by atoms with E-state index in [9.17, 15) is 10.2 Å². The van der Waals surface area contributed by atoms with Crippen LogP contribution in [0, 0.1) is 0 Å². The molecule has 0 aliphatic carbocycles. The maximum absolute atomic E-state index is 10.3. The third kappa shape index (κ3) is 4.14. The topological polar surface area (TPSA) is 88.2 Å². The molecule has 150 valence electrons. The van der Waals surface area contributed by atoms with Crippen molar-refractivity contribution >= 4 is 17.3 Å². The number of nitrogen functional groups attached to an aromatic ring is 1. The first-order valence-electron chi connectivity index (χ1n) is 9.52. The first-order chi connectivity index (χ1) is 13.4. The highest BCUT2D eigenvalue weighted by Crippen LogP contribution is 2.41. The SMILES string of the molecule is Nc1ccc(O)cc1OC[C@H](O)CN1CCC2(CC1)Cc1cc(Cl)ccc1O2. The Kier molecular flexibility index (Phi) is 5.27. The van der Waals surface area contributed by atoms with Crippen molar-refractivity contribution in [3.8, 4) is 17.2 Å². The van der Waals surface area contributed by atoms with Crippen molar-refractivity contribution in [1.29, 1.82) is 0 Å². The molecule has 0 aromatic heterocycles. The molecule has 6 nitrogen and oxygen atoms in total. The van der Waals surface area contributed by atoms with E-state index in [1.165, 1.54) is 17.7 Å². The number of halogens is 1. The molecule has 2 aliphatic rings. The quantitative estimate of drug-likeness (QED) is 0.524. The number of aromatic hydroxyl groups is 1. The number of anilines is 1. The Morgan fingerprint density at radius 1 is 1.21 bits per heavy atom. The van der Waals surface area contributed by atoms with Crippen LogP contribution in [0.1, 0.15) is 18.4 Å². The summed E-state index contributed by atoms with van der Waals surface area (Å²) in [7, 11) is 0. The monoisotopic (exact) mass is 404 g/mol. The Hall–Kier alpha value is -2.15. The van der Waals surface area contributed by atoms with E-state index >= 15 is 0 Å². The van der Waals surface area contributed by atoms with Crippen molar-refractivity contribution in [2.24, 2.45) is 0 Å². The van der Waals surface area contributed by atoms with Crippen molar-refractivity contribution in [3.63, 3.8) is 0 Å². The van der Waals surface area contributed by atoms with Crippen LogP contribution in [0.5, 0.6) is 17.2 Å². The fourth-order valence-electron chi connectivity index (χ4n) is 4.01. The summed E-state index contributed by atoms with van der Waals surface area (Å²) in [6, 6.07) is 10.3. The number of nitrogens with zero attached hydrogens (tertiary/aromatic N) is 1. The van der Waals surface area contributed by atoms with E-state index in [2.05, 4.69) is 4.90 Å². The lowest BCUT2D eigenvalue weighted by Crippen LogP contribution is -2.49. The molecule has 2 aromatic rings. The summed E-state index contributed by atoms with van der Waals surface area (Å²) in [5.41, 5.74) is 7.28. The highest BCUT2D eigenvalue weighted by molar-refractivity contribution is 6.30. The first kappa shape index (κ1) is 19.2. The van der Waals surface area contributed by atoms with E-state index in [1.807, 2.05) is 18.2 Å². The van der Waals surface area contributed by atoms with E-state index in [1.54, 1.807) is 6.07 Å². The lowest BCUT2D eigenvalue weighted by atomic mass is 9.87. The Morgan fingerprint density at radius 3 is 2.79 bits per heavy atom. The van der Waals surface area contributed by atoms with E-state index in [0.717, 1.165) is 43.1 Å². The third-order valence-corrected chi connectivity index (χ3v) is 5.76. The van der Waals surface area contributed by atoms with E-state index in [-0.39, 0.29) is 18.0 Å². The molecule has 1 saturated heterocycles. The van der Waals surface area contributed by atoms with Gasteiger partial charge in [0.25, 0.3) is 0 Å². The Balaban J connectivity index is 1.26. The highest BCUT2D eigenvalue weighted by atomic mass is 35.5. The second-order valence-corrected chi connectivity index (χ2v) is 8.14. The van der Waals surface area contributed by atoms with Crippen LogP contribution in [-0.4, -0.2) is 53.1 Å². The predicted octanol–water partition coefficient (Wildman–Crippen LogP) is 2.84. The number of aliphatic hydroxyl groups excluding tert-OH is 1. The molecule has 28 heavy (non-hydrogen) atoms. The van der Waals surface area contributed by atoms with Gasteiger partial charge in [-0.2, -0.15) is 0 Å². The number of benzene rings is 2. The van der Waals surface area contributed by atoms with Gasteiger partial charge in [-0.25, -0.2) is 0 Å². The normalized spacial score (nSPS) is 19.2. The van der Waals surface area contributed by atoms with Crippen LogP contribution in [0.2, 0.25) is 5.02 Å². The van der Waals surface area contributed by atoms with Gasteiger partial charge >= 0.3 is 0 Å². The van der Waals surface area contributed by atoms with Gasteiger partial charge in [-0.05, 0) is 35.9 Å². The summed E-state index contributed by atoms with van der Waals surface area (Å²) in [6.45, 7) is 2.35. The average Bonchev–Trinajstić information content (AvgIpc) is 3.01. The number of likely N-dealkylation sites (tertiary alicyclic amines) is 1. The van der Waals surface area contributed by atoms with Crippen LogP contribution in [0.25, 0.3) is 0 Å². The molecule has 1 fully saturated rings. The van der Waals surface area contributed by atoms with Crippen molar-refractivity contribution in [3.05, 3.63) is 47.0 Å². The molecule has 1 spiro atoms. The van der Waals surface area contributed by atoms with Crippen LogP contribution in [0.4, 0.5) is 5.69 Å². The number of ether oxygens (including phenoxy) is 2. The molecule has 2 aliphatic heterocycles. The van der Waals surface area contributed by atoms with Crippen molar-refractivity contribution < 1.29 is 19.7 Å². The van der Waals surface area contributed by atoms with Crippen molar-refractivity contribution in [1.82, 2.24) is 4.90 Å². The van der Waals surface area contributed by atoms with Crippen LogP contribution in [-0.2, 0) is 6.42 Å². The lowest BCUT2D eigenvalue weighted by Gasteiger charge is -2.39. The zero-order chi connectivity index (χ0) is 19.7. The average molecular weight is 405 g/mol. The number of fused-ring (bicyclic) bond motifs is 1. The summed E-state index contributed by atoms with van der Waals surface area (Å²) in [6.07, 6.45) is 2.06. The number of hydrogen-bond donors (Lipinski definition) is 3. The van der Waals surface area contributed by atoms with Crippen LogP contribution < -0.4 is 15.2 Å². The molecule has 0 amide bonds. The molecule has 1 atom stereocenters. The number of piperidine rings is 1. The minimum Gasteiger partial charge on any atom is -0.508 e. The first-order valence-corrected chi connectivity index (χ1v) is 9.89. The highest BCUT2D eigenvalue weighted by Gasteiger charge is 2.42. The molecule has 2 heterocycles. The van der Waals surface area contributed by atoms with Gasteiger partial charge in [0, 0.05) is 50.0 Å². The van der Waals surface area contributed by atoms with Crippen LogP contribution in [0.15, 0.2) is 36.4 Å². The summed E-state index contributed by atoms with van der Waals surface area (Å²) in [5.74, 6) is 1.40. The number of nitrogens with two attached hydrogens (primary N) is 1. The molecule has 4 N–H and O–H groups in total. The van der Waals surface area contributed by atoms with Gasteiger partial charge in [0.2, 0.25) is 0 Å². The molecule has 7 heteroatoms. The Bertz CT molecular complexity index is 852. The second-order valence-electron chi connectivity index (χ2n) is 7.70. The van der Waals surface area contributed by atoms with Gasteiger partial charge < -0.3 is 30.3 Å². The lowest BCUT2D eigenvalue weighted by molar-refractivity contribution is -0.00191. The van der Waals surface area contributed by atoms with Crippen molar-refractivity contribution in [2.75, 3.05) is 32.0 Å². The van der Waals surface area contributed by atoms with Gasteiger partial charge in [-0.1, -0.05) is 11.6 Å². The molecular formula is C21H25ClN2O4. The van der Waals surface area contributed by atoms with Crippen LogP contribution in [0.3, 0.4) is 0 Å². The number of phenols is 1. The molecule has 0 saturated carbocycles. The molecular weight excluding hydrogens is 380 g/mol. The maximum Gasteiger partial charge on any atom is 0.146 e. The number of aliphatic hydroxyl groups is 1.